The highest BCUT2D eigenvalue weighted by Crippen LogP contribution is 2.36. The number of aromatic nitrogens is 2. The molecule has 0 saturated carbocycles. The second-order valence-electron chi connectivity index (χ2n) is 7.83. The number of ether oxygens (including phenoxy) is 2. The fraction of sp³-hybridized carbons (Fsp3) is 0.391. The summed E-state index contributed by atoms with van der Waals surface area (Å²) >= 11 is 0. The lowest BCUT2D eigenvalue weighted by Gasteiger charge is -2.21. The normalized spacial score (nSPS) is 17.7. The van der Waals surface area contributed by atoms with Gasteiger partial charge in [-0.1, -0.05) is 12.1 Å². The van der Waals surface area contributed by atoms with Gasteiger partial charge in [0.15, 0.2) is 5.82 Å². The summed E-state index contributed by atoms with van der Waals surface area (Å²) in [6.07, 6.45) is -3.55. The molecule has 0 radical (unpaired) electrons. The quantitative estimate of drug-likeness (QED) is 0.569. The number of halogens is 3. The first-order valence-electron chi connectivity index (χ1n) is 10.2. The summed E-state index contributed by atoms with van der Waals surface area (Å²) in [5.74, 6) is 1.19. The summed E-state index contributed by atoms with van der Waals surface area (Å²) in [5, 5.41) is 13.5. The average molecular weight is 431 g/mol. The third kappa shape index (κ3) is 4.44. The molecule has 31 heavy (non-hydrogen) atoms. The summed E-state index contributed by atoms with van der Waals surface area (Å²) in [6, 6.07) is 9.52. The zero-order chi connectivity index (χ0) is 22.2. The van der Waals surface area contributed by atoms with Gasteiger partial charge in [-0.25, -0.2) is 0 Å². The molecule has 0 bridgehead atoms. The van der Waals surface area contributed by atoms with Crippen molar-refractivity contribution >= 4 is 16.6 Å². The summed E-state index contributed by atoms with van der Waals surface area (Å²) in [7, 11) is 0. The maximum Gasteiger partial charge on any atom is 0.416 e. The average Bonchev–Trinajstić information content (AvgIpc) is 3.22. The van der Waals surface area contributed by atoms with Gasteiger partial charge in [-0.3, -0.25) is 0 Å². The highest BCUT2D eigenvalue weighted by molar-refractivity contribution is 5.94. The smallest absolute Gasteiger partial charge is 0.416 e. The van der Waals surface area contributed by atoms with E-state index in [-0.39, 0.29) is 11.7 Å². The fourth-order valence-corrected chi connectivity index (χ4v) is 3.96. The van der Waals surface area contributed by atoms with Gasteiger partial charge in [0.2, 0.25) is 0 Å². The van der Waals surface area contributed by atoms with Crippen LogP contribution in [0.25, 0.3) is 10.8 Å². The van der Waals surface area contributed by atoms with Crippen molar-refractivity contribution in [1.29, 1.82) is 0 Å². The van der Waals surface area contributed by atoms with Gasteiger partial charge >= 0.3 is 6.18 Å². The lowest BCUT2D eigenvalue weighted by molar-refractivity contribution is -0.138. The molecule has 8 heteroatoms. The van der Waals surface area contributed by atoms with Gasteiger partial charge in [0.05, 0.1) is 30.5 Å². The Morgan fingerprint density at radius 3 is 2.65 bits per heavy atom. The van der Waals surface area contributed by atoms with E-state index in [0.29, 0.717) is 30.3 Å². The standard InChI is InChI=1S/C23H24F3N3O2/c1-13-18(5-4-6-21(13)23(24,25)26)14(2)27-22-20-11-16(31-17-9-10-30-12-17)7-8-19(20)15(3)28-29-22/h4-8,11,14,17H,9-10,12H2,1-3H3,(H,27,29)/t14?,17-/m0/s1. The molecule has 164 valence electrons. The number of nitrogens with zero attached hydrogens (tertiary/aromatic N) is 2. The van der Waals surface area contributed by atoms with Crippen molar-refractivity contribution in [2.75, 3.05) is 18.5 Å². The zero-order valence-corrected chi connectivity index (χ0v) is 17.6. The summed E-state index contributed by atoms with van der Waals surface area (Å²) in [6.45, 7) is 6.41. The Labute approximate surface area is 178 Å². The maximum atomic E-state index is 13.3. The molecule has 0 amide bonds. The van der Waals surface area contributed by atoms with Gasteiger partial charge in [0.1, 0.15) is 11.9 Å². The molecule has 2 atom stereocenters. The molecule has 2 aromatic carbocycles. The molecule has 0 spiro atoms. The van der Waals surface area contributed by atoms with Gasteiger partial charge in [-0.15, -0.1) is 5.10 Å². The molecule has 1 saturated heterocycles. The minimum absolute atomic E-state index is 0.0106. The van der Waals surface area contributed by atoms with Crippen LogP contribution in [0.5, 0.6) is 5.75 Å². The van der Waals surface area contributed by atoms with Gasteiger partial charge in [0, 0.05) is 17.2 Å². The first-order chi connectivity index (χ1) is 14.7. The van der Waals surface area contributed by atoms with Gasteiger partial charge in [-0.2, -0.15) is 18.3 Å². The Balaban J connectivity index is 1.67. The Kier molecular flexibility index (Phi) is 5.75. The van der Waals surface area contributed by atoms with Crippen LogP contribution in [0, 0.1) is 13.8 Å². The molecule has 1 fully saturated rings. The van der Waals surface area contributed by atoms with Crippen LogP contribution in [0.15, 0.2) is 36.4 Å². The minimum Gasteiger partial charge on any atom is -0.488 e. The van der Waals surface area contributed by atoms with Crippen molar-refractivity contribution in [2.45, 2.75) is 45.5 Å². The van der Waals surface area contributed by atoms with E-state index in [1.807, 2.05) is 32.0 Å². The van der Waals surface area contributed by atoms with Gasteiger partial charge in [0.25, 0.3) is 0 Å². The van der Waals surface area contributed by atoms with Crippen molar-refractivity contribution < 1.29 is 22.6 Å². The van der Waals surface area contributed by atoms with Crippen LogP contribution in [-0.4, -0.2) is 29.5 Å². The van der Waals surface area contributed by atoms with E-state index < -0.39 is 17.8 Å². The summed E-state index contributed by atoms with van der Waals surface area (Å²) in [5.41, 5.74) is 0.887. The first-order valence-corrected chi connectivity index (χ1v) is 10.2. The van der Waals surface area contributed by atoms with Gasteiger partial charge in [-0.05, 0) is 56.2 Å². The second kappa shape index (κ2) is 8.34. The molecule has 1 unspecified atom stereocenters. The number of aryl methyl sites for hydroxylation is 1. The van der Waals surface area contributed by atoms with E-state index in [9.17, 15) is 13.2 Å². The van der Waals surface area contributed by atoms with Crippen LogP contribution in [0.1, 0.15) is 41.8 Å². The van der Waals surface area contributed by atoms with Crippen molar-refractivity contribution in [3.05, 3.63) is 58.8 Å². The third-order valence-electron chi connectivity index (χ3n) is 5.63. The van der Waals surface area contributed by atoms with E-state index in [1.165, 1.54) is 13.0 Å². The molecule has 4 rings (SSSR count). The molecule has 1 aliphatic rings. The number of hydrogen-bond donors (Lipinski definition) is 1. The summed E-state index contributed by atoms with van der Waals surface area (Å²) in [4.78, 5) is 0. The Morgan fingerprint density at radius 1 is 1.13 bits per heavy atom. The molecule has 3 aromatic rings. The molecule has 1 aromatic heterocycles. The SMILES string of the molecule is Cc1c(C(C)Nc2nnc(C)c3ccc(O[C@H]4CCOC4)cc23)cccc1C(F)(F)F. The van der Waals surface area contributed by atoms with E-state index in [2.05, 4.69) is 15.5 Å². The Hall–Kier alpha value is -2.87. The van der Waals surface area contributed by atoms with Crippen molar-refractivity contribution in [1.82, 2.24) is 10.2 Å². The largest absolute Gasteiger partial charge is 0.488 e. The number of fused-ring (bicyclic) bond motifs is 1. The van der Waals surface area contributed by atoms with Crippen LogP contribution < -0.4 is 10.1 Å². The number of nitrogens with one attached hydrogen (secondary N) is 1. The Bertz CT molecular complexity index is 1100. The third-order valence-corrected chi connectivity index (χ3v) is 5.63. The second-order valence-corrected chi connectivity index (χ2v) is 7.83. The predicted octanol–water partition coefficient (Wildman–Crippen LogP) is 5.61. The van der Waals surface area contributed by atoms with Crippen LogP contribution in [0.2, 0.25) is 0 Å². The zero-order valence-electron chi connectivity index (χ0n) is 17.6. The van der Waals surface area contributed by atoms with Crippen molar-refractivity contribution in [2.24, 2.45) is 0 Å². The number of rotatable bonds is 5. The number of benzene rings is 2. The van der Waals surface area contributed by atoms with Crippen molar-refractivity contribution in [3.8, 4) is 5.75 Å². The monoisotopic (exact) mass is 431 g/mol. The highest BCUT2D eigenvalue weighted by Gasteiger charge is 2.33. The predicted molar refractivity (Wildman–Crippen MR) is 112 cm³/mol. The van der Waals surface area contributed by atoms with E-state index in [1.54, 1.807) is 6.07 Å². The number of anilines is 1. The Morgan fingerprint density at radius 2 is 1.94 bits per heavy atom. The lowest BCUT2D eigenvalue weighted by atomic mass is 9.97. The minimum atomic E-state index is -4.40. The highest BCUT2D eigenvalue weighted by atomic mass is 19.4. The first kappa shape index (κ1) is 21.4. The van der Waals surface area contributed by atoms with E-state index >= 15 is 0 Å². The number of hydrogen-bond acceptors (Lipinski definition) is 5. The van der Waals surface area contributed by atoms with E-state index in [4.69, 9.17) is 9.47 Å². The number of alkyl halides is 3. The van der Waals surface area contributed by atoms with Crippen LogP contribution in [0.4, 0.5) is 19.0 Å². The van der Waals surface area contributed by atoms with Crippen LogP contribution in [0.3, 0.4) is 0 Å². The van der Waals surface area contributed by atoms with Crippen molar-refractivity contribution in [3.63, 3.8) is 0 Å². The molecule has 5 nitrogen and oxygen atoms in total. The lowest BCUT2D eigenvalue weighted by Crippen LogP contribution is -2.16. The molecule has 1 aliphatic heterocycles. The fourth-order valence-electron chi connectivity index (χ4n) is 3.96. The topological polar surface area (TPSA) is 56.3 Å². The molecular weight excluding hydrogens is 407 g/mol. The molecule has 1 N–H and O–H groups in total. The van der Waals surface area contributed by atoms with E-state index in [0.717, 1.165) is 29.0 Å². The molecule has 2 heterocycles. The summed E-state index contributed by atoms with van der Waals surface area (Å²) < 4.78 is 51.3. The maximum absolute atomic E-state index is 13.3. The molecular formula is C23H24F3N3O2. The molecule has 0 aliphatic carbocycles. The van der Waals surface area contributed by atoms with Crippen LogP contribution >= 0.6 is 0 Å². The van der Waals surface area contributed by atoms with Crippen LogP contribution in [-0.2, 0) is 10.9 Å². The van der Waals surface area contributed by atoms with Gasteiger partial charge < -0.3 is 14.8 Å².